The third-order valence-electron chi connectivity index (χ3n) is 4.70. The van der Waals surface area contributed by atoms with Crippen LogP contribution >= 0.6 is 0 Å². The van der Waals surface area contributed by atoms with Gasteiger partial charge >= 0.3 is 0 Å². The number of likely N-dealkylation sites (tertiary alicyclic amines) is 1. The lowest BCUT2D eigenvalue weighted by Crippen LogP contribution is -2.38. The highest BCUT2D eigenvalue weighted by molar-refractivity contribution is 7.91. The molecule has 1 aromatic rings. The van der Waals surface area contributed by atoms with Crippen LogP contribution in [0, 0.1) is 6.92 Å². The van der Waals surface area contributed by atoms with E-state index in [1.165, 1.54) is 0 Å². The van der Waals surface area contributed by atoms with Crippen molar-refractivity contribution in [2.45, 2.75) is 39.2 Å². The van der Waals surface area contributed by atoms with Gasteiger partial charge in [0.2, 0.25) is 5.95 Å². The Balaban J connectivity index is 1.88. The maximum Gasteiger partial charge on any atom is 0.272 e. The second-order valence-electron chi connectivity index (χ2n) is 6.54. The number of aryl methyl sites for hydroxylation is 1. The van der Waals surface area contributed by atoms with E-state index in [0.717, 1.165) is 31.6 Å². The minimum Gasteiger partial charge on any atom is -0.337 e. The predicted octanol–water partition coefficient (Wildman–Crippen LogP) is 1.03. The van der Waals surface area contributed by atoms with Crippen molar-refractivity contribution >= 4 is 21.7 Å². The van der Waals surface area contributed by atoms with Gasteiger partial charge in [0.1, 0.15) is 5.69 Å². The van der Waals surface area contributed by atoms with E-state index in [-0.39, 0.29) is 23.5 Å². The van der Waals surface area contributed by atoms with E-state index < -0.39 is 9.84 Å². The monoisotopic (exact) mass is 352 g/mol. The van der Waals surface area contributed by atoms with Gasteiger partial charge in [0.15, 0.2) is 9.84 Å². The summed E-state index contributed by atoms with van der Waals surface area (Å²) in [5.41, 5.74) is 1.13. The summed E-state index contributed by atoms with van der Waals surface area (Å²) in [7, 11) is -2.98. The van der Waals surface area contributed by atoms with Gasteiger partial charge in [-0.2, -0.15) is 0 Å². The summed E-state index contributed by atoms with van der Waals surface area (Å²) in [5, 5.41) is 0. The van der Waals surface area contributed by atoms with Crippen LogP contribution in [-0.4, -0.2) is 66.4 Å². The Morgan fingerprint density at radius 1 is 1.33 bits per heavy atom. The summed E-state index contributed by atoms with van der Waals surface area (Å²) in [4.78, 5) is 25.3. The minimum atomic E-state index is -2.98. The number of carbonyl (C=O) groups is 1. The van der Waals surface area contributed by atoms with E-state index in [1.54, 1.807) is 6.07 Å². The molecule has 1 aromatic heterocycles. The molecule has 3 rings (SSSR count). The molecular weight excluding hydrogens is 328 g/mol. The van der Waals surface area contributed by atoms with Crippen LogP contribution in [0.3, 0.4) is 0 Å². The molecule has 2 saturated heterocycles. The zero-order chi connectivity index (χ0) is 17.3. The van der Waals surface area contributed by atoms with Crippen LogP contribution in [-0.2, 0) is 9.84 Å². The summed E-state index contributed by atoms with van der Waals surface area (Å²) < 4.78 is 23.6. The zero-order valence-electron chi connectivity index (χ0n) is 14.2. The Kier molecular flexibility index (Phi) is 4.76. The van der Waals surface area contributed by atoms with Crippen molar-refractivity contribution in [1.82, 2.24) is 14.9 Å². The number of sulfone groups is 1. The van der Waals surface area contributed by atoms with Crippen molar-refractivity contribution in [3.05, 3.63) is 17.5 Å². The molecule has 7 nitrogen and oxygen atoms in total. The van der Waals surface area contributed by atoms with Gasteiger partial charge in [-0.25, -0.2) is 18.4 Å². The number of carbonyl (C=O) groups excluding carboxylic acids is 1. The predicted molar refractivity (Wildman–Crippen MR) is 92.0 cm³/mol. The first kappa shape index (κ1) is 17.1. The molecule has 0 spiro atoms. The van der Waals surface area contributed by atoms with Crippen LogP contribution in [0.15, 0.2) is 6.07 Å². The topological polar surface area (TPSA) is 83.5 Å². The Labute approximate surface area is 143 Å². The molecule has 3 heterocycles. The number of nitrogens with zero attached hydrogens (tertiary/aromatic N) is 4. The standard InChI is InChI=1S/C16H24N4O3S/c1-3-20(13-6-9-24(22,23)11-13)16-17-12(2)10-14(18-16)15(21)19-7-4-5-8-19/h10,13H,3-9,11H2,1-2H3. The van der Waals surface area contributed by atoms with Crippen molar-refractivity contribution < 1.29 is 13.2 Å². The highest BCUT2D eigenvalue weighted by atomic mass is 32.2. The molecule has 0 aliphatic carbocycles. The highest BCUT2D eigenvalue weighted by Gasteiger charge is 2.33. The first-order chi connectivity index (χ1) is 11.4. The van der Waals surface area contributed by atoms with Gasteiger partial charge in [0.25, 0.3) is 5.91 Å². The molecule has 2 aliphatic heterocycles. The molecular formula is C16H24N4O3S. The van der Waals surface area contributed by atoms with Crippen LogP contribution in [0.4, 0.5) is 5.95 Å². The van der Waals surface area contributed by atoms with E-state index in [4.69, 9.17) is 0 Å². The molecule has 1 unspecified atom stereocenters. The normalized spacial score (nSPS) is 22.8. The summed E-state index contributed by atoms with van der Waals surface area (Å²) in [6.45, 7) is 5.95. The first-order valence-corrected chi connectivity index (χ1v) is 10.3. The smallest absolute Gasteiger partial charge is 0.272 e. The van der Waals surface area contributed by atoms with Crippen LogP contribution < -0.4 is 4.90 Å². The fourth-order valence-corrected chi connectivity index (χ4v) is 5.19. The van der Waals surface area contributed by atoms with Gasteiger partial charge in [-0.15, -0.1) is 0 Å². The number of amides is 1. The maximum atomic E-state index is 12.6. The summed E-state index contributed by atoms with van der Waals surface area (Å²) in [5.74, 6) is 0.740. The largest absolute Gasteiger partial charge is 0.337 e. The average Bonchev–Trinajstić information content (AvgIpc) is 3.16. The van der Waals surface area contributed by atoms with Crippen molar-refractivity contribution in [3.63, 3.8) is 0 Å². The number of rotatable bonds is 4. The third kappa shape index (κ3) is 3.53. The SMILES string of the molecule is CCN(c1nc(C)cc(C(=O)N2CCCC2)n1)C1CCS(=O)(=O)C1. The van der Waals surface area contributed by atoms with E-state index >= 15 is 0 Å². The molecule has 0 bridgehead atoms. The molecule has 132 valence electrons. The van der Waals surface area contributed by atoms with Crippen molar-refractivity contribution in [2.75, 3.05) is 36.0 Å². The molecule has 0 aromatic carbocycles. The lowest BCUT2D eigenvalue weighted by atomic mass is 10.2. The van der Waals surface area contributed by atoms with E-state index in [9.17, 15) is 13.2 Å². The fraction of sp³-hybridized carbons (Fsp3) is 0.688. The molecule has 1 amide bonds. The summed E-state index contributed by atoms with van der Waals surface area (Å²) in [6.07, 6.45) is 2.65. The van der Waals surface area contributed by atoms with Crippen molar-refractivity contribution in [3.8, 4) is 0 Å². The average molecular weight is 352 g/mol. The van der Waals surface area contributed by atoms with Crippen LogP contribution in [0.5, 0.6) is 0 Å². The van der Waals surface area contributed by atoms with E-state index in [0.29, 0.717) is 24.6 Å². The number of anilines is 1. The van der Waals surface area contributed by atoms with Gasteiger partial charge in [-0.1, -0.05) is 0 Å². The molecule has 0 N–H and O–H groups in total. The lowest BCUT2D eigenvalue weighted by Gasteiger charge is -2.27. The third-order valence-corrected chi connectivity index (χ3v) is 6.45. The summed E-state index contributed by atoms with van der Waals surface area (Å²) >= 11 is 0. The Bertz CT molecular complexity index is 729. The fourth-order valence-electron chi connectivity index (χ4n) is 3.46. The zero-order valence-corrected chi connectivity index (χ0v) is 15.0. The second kappa shape index (κ2) is 6.66. The Morgan fingerprint density at radius 3 is 2.62 bits per heavy atom. The molecule has 24 heavy (non-hydrogen) atoms. The van der Waals surface area contributed by atoms with Crippen molar-refractivity contribution in [1.29, 1.82) is 0 Å². The number of aromatic nitrogens is 2. The van der Waals surface area contributed by atoms with Gasteiger partial charge in [0, 0.05) is 31.4 Å². The van der Waals surface area contributed by atoms with Gasteiger partial charge in [-0.05, 0) is 39.2 Å². The quantitative estimate of drug-likeness (QED) is 0.805. The van der Waals surface area contributed by atoms with Gasteiger partial charge < -0.3 is 9.80 Å². The van der Waals surface area contributed by atoms with Crippen LogP contribution in [0.25, 0.3) is 0 Å². The minimum absolute atomic E-state index is 0.0608. The molecule has 0 radical (unpaired) electrons. The van der Waals surface area contributed by atoms with Gasteiger partial charge in [-0.3, -0.25) is 4.79 Å². The van der Waals surface area contributed by atoms with E-state index in [1.807, 2.05) is 23.6 Å². The first-order valence-electron chi connectivity index (χ1n) is 8.51. The van der Waals surface area contributed by atoms with Gasteiger partial charge in [0.05, 0.1) is 11.5 Å². The Hall–Kier alpha value is -1.70. The molecule has 0 saturated carbocycles. The molecule has 8 heteroatoms. The highest BCUT2D eigenvalue weighted by Crippen LogP contribution is 2.23. The van der Waals surface area contributed by atoms with Crippen LogP contribution in [0.1, 0.15) is 42.4 Å². The molecule has 2 fully saturated rings. The summed E-state index contributed by atoms with van der Waals surface area (Å²) in [6, 6.07) is 1.60. The Morgan fingerprint density at radius 2 is 2.04 bits per heavy atom. The van der Waals surface area contributed by atoms with E-state index in [2.05, 4.69) is 9.97 Å². The second-order valence-corrected chi connectivity index (χ2v) is 8.77. The maximum absolute atomic E-state index is 12.6. The molecule has 2 aliphatic rings. The number of hydrogen-bond acceptors (Lipinski definition) is 6. The van der Waals surface area contributed by atoms with Crippen LogP contribution in [0.2, 0.25) is 0 Å². The molecule has 1 atom stereocenters. The lowest BCUT2D eigenvalue weighted by molar-refractivity contribution is 0.0786. The van der Waals surface area contributed by atoms with Crippen molar-refractivity contribution in [2.24, 2.45) is 0 Å². The number of hydrogen-bond donors (Lipinski definition) is 0.